The van der Waals surface area contributed by atoms with Crippen LogP contribution >= 0.6 is 23.5 Å². The van der Waals surface area contributed by atoms with E-state index in [9.17, 15) is 9.59 Å². The third kappa shape index (κ3) is 4.79. The Bertz CT molecular complexity index is 1390. The van der Waals surface area contributed by atoms with Gasteiger partial charge in [-0.1, -0.05) is 77.6 Å². The summed E-state index contributed by atoms with van der Waals surface area (Å²) >= 11 is 3.05. The van der Waals surface area contributed by atoms with Crippen LogP contribution in [0.5, 0.6) is 0 Å². The van der Waals surface area contributed by atoms with Gasteiger partial charge in [-0.05, 0) is 16.7 Å². The molecule has 0 aliphatic carbocycles. The van der Waals surface area contributed by atoms with Crippen molar-refractivity contribution in [2.45, 2.75) is 22.5 Å². The minimum absolute atomic E-state index is 0.203. The van der Waals surface area contributed by atoms with Crippen LogP contribution in [-0.4, -0.2) is 65.1 Å². The number of carbonyl (C=O) groups is 2. The number of amides is 1. The number of hydrogen-bond acceptors (Lipinski definition) is 9. The molecule has 2 aromatic carbocycles. The molecule has 1 fully saturated rings. The van der Waals surface area contributed by atoms with Crippen molar-refractivity contribution in [3.05, 3.63) is 102 Å². The SMILES string of the molecule is O=C(OC(c1ccccc1)c1ccccc1)C1=C(CSc2c[nH]nn2)CS[C@H]2C(Nc3ncc[nH]3)C(=O)N12. The van der Waals surface area contributed by atoms with Gasteiger partial charge in [0.1, 0.15) is 22.1 Å². The van der Waals surface area contributed by atoms with Gasteiger partial charge in [-0.3, -0.25) is 14.8 Å². The van der Waals surface area contributed by atoms with E-state index >= 15 is 0 Å². The molecule has 1 saturated heterocycles. The van der Waals surface area contributed by atoms with Crippen molar-refractivity contribution >= 4 is 41.3 Å². The Hall–Kier alpha value is -4.03. The van der Waals surface area contributed by atoms with E-state index < -0.39 is 18.1 Å². The maximum absolute atomic E-state index is 13.9. The second-order valence-electron chi connectivity index (χ2n) is 8.63. The van der Waals surface area contributed by atoms with E-state index in [1.807, 2.05) is 60.7 Å². The van der Waals surface area contributed by atoms with Gasteiger partial charge in [0.25, 0.3) is 5.91 Å². The van der Waals surface area contributed by atoms with E-state index in [0.29, 0.717) is 28.2 Å². The molecule has 0 spiro atoms. The molecule has 2 aromatic heterocycles. The highest BCUT2D eigenvalue weighted by molar-refractivity contribution is 8.01. The number of aromatic amines is 2. The van der Waals surface area contributed by atoms with E-state index in [4.69, 9.17) is 4.74 Å². The monoisotopic (exact) mass is 545 g/mol. The molecule has 3 N–H and O–H groups in total. The molecule has 6 rings (SSSR count). The molecule has 1 unspecified atom stereocenters. The Labute approximate surface area is 226 Å². The summed E-state index contributed by atoms with van der Waals surface area (Å²) in [6.45, 7) is 0. The number of fused-ring (bicyclic) bond motifs is 1. The molecule has 1 amide bonds. The van der Waals surface area contributed by atoms with Gasteiger partial charge in [-0.25, -0.2) is 9.78 Å². The first-order valence-corrected chi connectivity index (χ1v) is 13.9. The van der Waals surface area contributed by atoms with E-state index in [0.717, 1.165) is 16.7 Å². The maximum atomic E-state index is 13.9. The average molecular weight is 546 g/mol. The third-order valence-electron chi connectivity index (χ3n) is 6.25. The number of rotatable bonds is 9. The van der Waals surface area contributed by atoms with Crippen LogP contribution in [0.2, 0.25) is 0 Å². The summed E-state index contributed by atoms with van der Waals surface area (Å²) in [6, 6.07) is 18.7. The Morgan fingerprint density at radius 3 is 2.53 bits per heavy atom. The number of imidazole rings is 1. The number of ether oxygens (including phenoxy) is 1. The Kier molecular flexibility index (Phi) is 6.88. The van der Waals surface area contributed by atoms with Crippen LogP contribution in [0.25, 0.3) is 0 Å². The fourth-order valence-electron chi connectivity index (χ4n) is 4.44. The number of benzene rings is 2. The average Bonchev–Trinajstić information content (AvgIpc) is 3.68. The quantitative estimate of drug-likeness (QED) is 0.164. The number of hydrogen-bond donors (Lipinski definition) is 3. The van der Waals surface area contributed by atoms with Gasteiger partial charge in [0.15, 0.2) is 6.10 Å². The summed E-state index contributed by atoms with van der Waals surface area (Å²) < 4.78 is 6.19. The highest BCUT2D eigenvalue weighted by Gasteiger charge is 2.54. The second-order valence-corrected chi connectivity index (χ2v) is 10.7. The molecule has 0 bridgehead atoms. The second kappa shape index (κ2) is 10.8. The number of thioether (sulfide) groups is 2. The molecule has 4 heterocycles. The molecule has 10 nitrogen and oxygen atoms in total. The Morgan fingerprint density at radius 1 is 1.16 bits per heavy atom. The van der Waals surface area contributed by atoms with Crippen molar-refractivity contribution < 1.29 is 14.3 Å². The Morgan fingerprint density at radius 2 is 1.89 bits per heavy atom. The predicted molar refractivity (Wildman–Crippen MR) is 144 cm³/mol. The van der Waals surface area contributed by atoms with Crippen molar-refractivity contribution in [3.8, 4) is 0 Å². The maximum Gasteiger partial charge on any atom is 0.356 e. The van der Waals surface area contributed by atoms with Gasteiger partial charge in [0, 0.05) is 23.9 Å². The molecular weight excluding hydrogens is 522 g/mol. The molecule has 0 radical (unpaired) electrons. The Balaban J connectivity index is 1.31. The first kappa shape index (κ1) is 24.3. The summed E-state index contributed by atoms with van der Waals surface area (Å²) in [6.07, 6.45) is 4.38. The fraction of sp³-hybridized carbons (Fsp3) is 0.192. The van der Waals surface area contributed by atoms with Crippen LogP contribution in [0.15, 0.2) is 95.6 Å². The molecule has 12 heteroatoms. The molecule has 2 atom stereocenters. The van der Waals surface area contributed by atoms with Crippen LogP contribution in [0.1, 0.15) is 17.2 Å². The van der Waals surface area contributed by atoms with Crippen molar-refractivity contribution in [3.63, 3.8) is 0 Å². The molecule has 38 heavy (non-hydrogen) atoms. The number of β-lactam (4-membered cyclic amide) rings is 1. The summed E-state index contributed by atoms with van der Waals surface area (Å²) in [7, 11) is 0. The molecule has 2 aliphatic rings. The van der Waals surface area contributed by atoms with Crippen molar-refractivity contribution in [1.82, 2.24) is 30.3 Å². The number of anilines is 1. The molecular formula is C26H23N7O3S2. The topological polar surface area (TPSA) is 129 Å². The van der Waals surface area contributed by atoms with Gasteiger partial charge in [0.2, 0.25) is 5.95 Å². The molecule has 2 aliphatic heterocycles. The van der Waals surface area contributed by atoms with Crippen molar-refractivity contribution in [1.29, 1.82) is 0 Å². The number of H-pyrrole nitrogens is 2. The minimum atomic E-state index is -0.622. The zero-order valence-electron chi connectivity index (χ0n) is 20.0. The van der Waals surface area contributed by atoms with Gasteiger partial charge < -0.3 is 15.0 Å². The highest BCUT2D eigenvalue weighted by atomic mass is 32.2. The largest absolute Gasteiger partial charge is 0.448 e. The van der Waals surface area contributed by atoms with E-state index in [1.165, 1.54) is 11.8 Å². The first-order chi connectivity index (χ1) is 18.7. The lowest BCUT2D eigenvalue weighted by Crippen LogP contribution is -2.67. The van der Waals surface area contributed by atoms with Gasteiger partial charge >= 0.3 is 5.97 Å². The zero-order chi connectivity index (χ0) is 25.9. The lowest BCUT2D eigenvalue weighted by atomic mass is 10.0. The van der Waals surface area contributed by atoms with E-state index in [-0.39, 0.29) is 11.3 Å². The summed E-state index contributed by atoms with van der Waals surface area (Å²) in [4.78, 5) is 36.0. The van der Waals surface area contributed by atoms with Gasteiger partial charge in [-0.15, -0.1) is 16.9 Å². The van der Waals surface area contributed by atoms with E-state index in [1.54, 1.807) is 35.3 Å². The molecule has 4 aromatic rings. The number of carbonyl (C=O) groups excluding carboxylic acids is 2. The third-order valence-corrected chi connectivity index (χ3v) is 8.58. The standard InChI is InChI=1S/C26H23N7O3S2/c34-23-20(30-26-27-11-12-28-26)24-33(23)21(18(15-38-24)14-37-19-13-29-32-31-19)25(35)36-22(16-7-3-1-4-8-16)17-9-5-2-6-10-17/h1-13,20,22,24H,14-15H2,(H2,27,28,30)(H,29,31,32)/t20?,24-/m0/s1. The van der Waals surface area contributed by atoms with Crippen LogP contribution in [-0.2, 0) is 14.3 Å². The summed E-state index contributed by atoms with van der Waals surface area (Å²) in [5, 5.41) is 14.1. The highest BCUT2D eigenvalue weighted by Crippen LogP contribution is 2.43. The first-order valence-electron chi connectivity index (χ1n) is 11.9. The molecule has 0 saturated carbocycles. The van der Waals surface area contributed by atoms with Crippen LogP contribution in [0.3, 0.4) is 0 Å². The fourth-order valence-corrected chi connectivity index (χ4v) is 6.71. The van der Waals surface area contributed by atoms with Crippen LogP contribution in [0.4, 0.5) is 5.95 Å². The van der Waals surface area contributed by atoms with Gasteiger partial charge in [0.05, 0.1) is 6.20 Å². The number of aromatic nitrogens is 5. The normalized spacial score (nSPS) is 18.8. The number of nitrogens with one attached hydrogen (secondary N) is 3. The minimum Gasteiger partial charge on any atom is -0.448 e. The number of nitrogens with zero attached hydrogens (tertiary/aromatic N) is 4. The summed E-state index contributed by atoms with van der Waals surface area (Å²) in [5.74, 6) is 0.816. The van der Waals surface area contributed by atoms with Crippen LogP contribution in [0, 0.1) is 0 Å². The smallest absolute Gasteiger partial charge is 0.356 e. The van der Waals surface area contributed by atoms with Gasteiger partial charge in [-0.2, -0.15) is 0 Å². The lowest BCUT2D eigenvalue weighted by molar-refractivity contribution is -0.152. The van der Waals surface area contributed by atoms with Crippen LogP contribution < -0.4 is 5.32 Å². The van der Waals surface area contributed by atoms with Crippen molar-refractivity contribution in [2.75, 3.05) is 16.8 Å². The number of esters is 1. The molecule has 192 valence electrons. The summed E-state index contributed by atoms with van der Waals surface area (Å²) in [5.41, 5.74) is 2.80. The zero-order valence-corrected chi connectivity index (χ0v) is 21.6. The lowest BCUT2D eigenvalue weighted by Gasteiger charge is -2.49. The van der Waals surface area contributed by atoms with Crippen molar-refractivity contribution in [2.24, 2.45) is 0 Å². The predicted octanol–water partition coefficient (Wildman–Crippen LogP) is 3.60. The van der Waals surface area contributed by atoms with E-state index in [2.05, 4.69) is 30.7 Å².